The van der Waals surface area contributed by atoms with Crippen molar-refractivity contribution < 1.29 is 4.74 Å². The number of benzene rings is 1. The van der Waals surface area contributed by atoms with Gasteiger partial charge in [-0.05, 0) is 36.8 Å². The second kappa shape index (κ2) is 10.2. The van der Waals surface area contributed by atoms with Gasteiger partial charge in [-0.1, -0.05) is 39.0 Å². The summed E-state index contributed by atoms with van der Waals surface area (Å²) in [6, 6.07) is 9.93. The van der Waals surface area contributed by atoms with Gasteiger partial charge in [0.1, 0.15) is 17.1 Å². The molecule has 156 valence electrons. The average Bonchev–Trinajstić information content (AvgIpc) is 3.41. The lowest BCUT2D eigenvalue weighted by atomic mass is 10.1. The molecule has 0 aliphatic heterocycles. The van der Waals surface area contributed by atoms with Crippen molar-refractivity contribution in [1.29, 1.82) is 0 Å². The molecule has 0 aliphatic carbocycles. The Balaban J connectivity index is 1.28. The highest BCUT2D eigenvalue weighted by atomic mass is 32.1. The molecule has 3 heterocycles. The topological polar surface area (TPSA) is 64.3 Å². The number of unbranched alkanes of at least 4 members (excludes halogenated alkanes) is 5. The van der Waals surface area contributed by atoms with Gasteiger partial charge in [-0.3, -0.25) is 4.40 Å². The Morgan fingerprint density at radius 1 is 1.00 bits per heavy atom. The van der Waals surface area contributed by atoms with Crippen molar-refractivity contribution in [2.45, 2.75) is 45.4 Å². The number of nitrogens with zero attached hydrogens (tertiary/aromatic N) is 4. The van der Waals surface area contributed by atoms with Gasteiger partial charge < -0.3 is 10.1 Å². The molecule has 0 spiro atoms. The first-order valence-corrected chi connectivity index (χ1v) is 11.5. The maximum Gasteiger partial charge on any atom is 0.234 e. The van der Waals surface area contributed by atoms with Gasteiger partial charge in [0.05, 0.1) is 6.61 Å². The van der Waals surface area contributed by atoms with E-state index in [1.807, 2.05) is 52.5 Å². The molecule has 0 unspecified atom stereocenters. The maximum absolute atomic E-state index is 5.85. The number of anilines is 2. The number of thiazole rings is 1. The number of aromatic nitrogens is 4. The zero-order valence-electron chi connectivity index (χ0n) is 17.3. The number of fused-ring (bicyclic) bond motifs is 1. The minimum absolute atomic E-state index is 0.673. The minimum atomic E-state index is 0.673. The van der Waals surface area contributed by atoms with Crippen molar-refractivity contribution in [2.75, 3.05) is 11.9 Å². The van der Waals surface area contributed by atoms with Crippen molar-refractivity contribution in [1.82, 2.24) is 19.4 Å². The van der Waals surface area contributed by atoms with Gasteiger partial charge in [0, 0.05) is 29.7 Å². The Morgan fingerprint density at radius 3 is 2.67 bits per heavy atom. The lowest BCUT2D eigenvalue weighted by molar-refractivity contribution is 0.304. The molecule has 4 rings (SSSR count). The minimum Gasteiger partial charge on any atom is -0.494 e. The molecule has 0 atom stereocenters. The number of hydrogen-bond donors (Lipinski definition) is 1. The highest BCUT2D eigenvalue weighted by Crippen LogP contribution is 2.27. The van der Waals surface area contributed by atoms with Crippen molar-refractivity contribution in [3.05, 3.63) is 54.3 Å². The Hall–Kier alpha value is -2.93. The largest absolute Gasteiger partial charge is 0.494 e. The summed E-state index contributed by atoms with van der Waals surface area (Å²) < 4.78 is 7.75. The molecular weight excluding hydrogens is 394 g/mol. The molecule has 1 N–H and O–H groups in total. The first kappa shape index (κ1) is 20.3. The van der Waals surface area contributed by atoms with Crippen LogP contribution >= 0.6 is 11.3 Å². The predicted octanol–water partition coefficient (Wildman–Crippen LogP) is 6.34. The molecule has 7 heteroatoms. The molecule has 0 amide bonds. The number of imidazole rings is 1. The summed E-state index contributed by atoms with van der Waals surface area (Å²) in [5.41, 5.74) is 2.64. The second-order valence-electron chi connectivity index (χ2n) is 7.26. The summed E-state index contributed by atoms with van der Waals surface area (Å²) in [5, 5.41) is 6.18. The number of hydrogen-bond acceptors (Lipinski definition) is 6. The fourth-order valence-electron chi connectivity index (χ4n) is 3.23. The van der Waals surface area contributed by atoms with Crippen LogP contribution in [0.3, 0.4) is 0 Å². The summed E-state index contributed by atoms with van der Waals surface area (Å²) in [4.78, 5) is 13.4. The molecule has 0 bridgehead atoms. The van der Waals surface area contributed by atoms with Crippen LogP contribution < -0.4 is 10.1 Å². The molecule has 3 aromatic heterocycles. The van der Waals surface area contributed by atoms with E-state index in [4.69, 9.17) is 4.74 Å². The van der Waals surface area contributed by atoms with E-state index in [0.29, 0.717) is 5.78 Å². The summed E-state index contributed by atoms with van der Waals surface area (Å²) in [7, 11) is 0. The van der Waals surface area contributed by atoms with E-state index in [1.54, 1.807) is 17.5 Å². The summed E-state index contributed by atoms with van der Waals surface area (Å²) in [6.07, 6.45) is 13.2. The first-order valence-electron chi connectivity index (χ1n) is 10.6. The lowest BCUT2D eigenvalue weighted by Crippen LogP contribution is -1.97. The Kier molecular flexibility index (Phi) is 6.92. The van der Waals surface area contributed by atoms with Crippen LogP contribution in [0.5, 0.6) is 5.75 Å². The van der Waals surface area contributed by atoms with Crippen molar-refractivity contribution in [2.24, 2.45) is 0 Å². The molecule has 6 nitrogen and oxygen atoms in total. The SMILES string of the molecule is CCCCCCCCOc1ccc(Nc2nc(-c3cn4cccnc4n3)cs2)cc1. The Bertz CT molecular complexity index is 1020. The third-order valence-corrected chi connectivity index (χ3v) is 5.63. The number of nitrogens with one attached hydrogen (secondary N) is 1. The van der Waals surface area contributed by atoms with E-state index >= 15 is 0 Å². The Morgan fingerprint density at radius 2 is 1.83 bits per heavy atom. The molecule has 0 radical (unpaired) electrons. The van der Waals surface area contributed by atoms with Crippen LogP contribution in [-0.2, 0) is 0 Å². The van der Waals surface area contributed by atoms with Crippen LogP contribution in [0.1, 0.15) is 45.4 Å². The van der Waals surface area contributed by atoms with Crippen LogP contribution in [0.25, 0.3) is 17.2 Å². The zero-order valence-corrected chi connectivity index (χ0v) is 18.1. The monoisotopic (exact) mass is 421 g/mol. The quantitative estimate of drug-likeness (QED) is 0.286. The molecule has 1 aromatic carbocycles. The van der Waals surface area contributed by atoms with Crippen LogP contribution in [0, 0.1) is 0 Å². The summed E-state index contributed by atoms with van der Waals surface area (Å²) in [6.45, 7) is 3.02. The predicted molar refractivity (Wildman–Crippen MR) is 123 cm³/mol. The highest BCUT2D eigenvalue weighted by Gasteiger charge is 2.09. The van der Waals surface area contributed by atoms with Gasteiger partial charge in [0.15, 0.2) is 5.13 Å². The Labute approximate surface area is 181 Å². The highest BCUT2D eigenvalue weighted by molar-refractivity contribution is 7.14. The first-order chi connectivity index (χ1) is 14.8. The normalized spacial score (nSPS) is 11.1. The smallest absolute Gasteiger partial charge is 0.234 e. The van der Waals surface area contributed by atoms with Crippen LogP contribution in [0.4, 0.5) is 10.8 Å². The van der Waals surface area contributed by atoms with Crippen LogP contribution in [0.15, 0.2) is 54.3 Å². The van der Waals surface area contributed by atoms with Gasteiger partial charge in [0.2, 0.25) is 5.78 Å². The van der Waals surface area contributed by atoms with Gasteiger partial charge in [-0.2, -0.15) is 0 Å². The number of rotatable bonds is 11. The third kappa shape index (κ3) is 5.36. The third-order valence-electron chi connectivity index (χ3n) is 4.87. The van der Waals surface area contributed by atoms with Gasteiger partial charge in [0.25, 0.3) is 0 Å². The molecular formula is C23H27N5OS. The van der Waals surface area contributed by atoms with E-state index in [2.05, 4.69) is 27.2 Å². The van der Waals surface area contributed by atoms with Gasteiger partial charge >= 0.3 is 0 Å². The van der Waals surface area contributed by atoms with Gasteiger partial charge in [-0.15, -0.1) is 11.3 Å². The molecule has 0 saturated carbocycles. The fourth-order valence-corrected chi connectivity index (χ4v) is 3.96. The summed E-state index contributed by atoms with van der Waals surface area (Å²) >= 11 is 1.56. The average molecular weight is 422 g/mol. The van der Waals surface area contributed by atoms with E-state index in [-0.39, 0.29) is 0 Å². The fraction of sp³-hybridized carbons (Fsp3) is 0.348. The summed E-state index contributed by atoms with van der Waals surface area (Å²) in [5.74, 6) is 1.58. The molecule has 0 saturated heterocycles. The molecule has 0 fully saturated rings. The van der Waals surface area contributed by atoms with E-state index < -0.39 is 0 Å². The van der Waals surface area contributed by atoms with E-state index in [1.165, 1.54) is 32.1 Å². The van der Waals surface area contributed by atoms with Crippen molar-refractivity contribution in [3.8, 4) is 17.1 Å². The van der Waals surface area contributed by atoms with Gasteiger partial charge in [-0.25, -0.2) is 15.0 Å². The van der Waals surface area contributed by atoms with Crippen LogP contribution in [-0.4, -0.2) is 26.0 Å². The maximum atomic E-state index is 5.85. The second-order valence-corrected chi connectivity index (χ2v) is 8.11. The van der Waals surface area contributed by atoms with Crippen molar-refractivity contribution in [3.63, 3.8) is 0 Å². The number of ether oxygens (including phenoxy) is 1. The van der Waals surface area contributed by atoms with Crippen LogP contribution in [0.2, 0.25) is 0 Å². The van der Waals surface area contributed by atoms with E-state index in [9.17, 15) is 0 Å². The zero-order chi connectivity index (χ0) is 20.6. The van der Waals surface area contributed by atoms with Crippen molar-refractivity contribution >= 4 is 27.9 Å². The standard InChI is InChI=1S/C23H27N5OS/c1-2-3-4-5-6-7-15-29-19-11-9-18(10-12-19)25-23-27-21(17-30-23)20-16-28-14-8-13-24-22(28)26-20/h8-14,16-17H,2-7,15H2,1H3,(H,25,27). The van der Waals surface area contributed by atoms with E-state index in [0.717, 1.165) is 41.0 Å². The lowest BCUT2D eigenvalue weighted by Gasteiger charge is -2.07. The molecule has 4 aromatic rings. The molecule has 0 aliphatic rings. The molecule has 30 heavy (non-hydrogen) atoms.